The first-order valence-electron chi connectivity index (χ1n) is 1.86. The van der Waals surface area contributed by atoms with E-state index in [2.05, 4.69) is 9.16 Å². The van der Waals surface area contributed by atoms with Crippen LogP contribution in [-0.2, 0) is 9.16 Å². The van der Waals surface area contributed by atoms with Crippen LogP contribution in [0.2, 0.25) is 0 Å². The van der Waals surface area contributed by atoms with Gasteiger partial charge >= 0.3 is 9.05 Å². The average molecular weight is 140 g/mol. The Labute approximate surface area is 47.6 Å². The minimum atomic E-state index is -4.30. The summed E-state index contributed by atoms with van der Waals surface area (Å²) in [5.74, 6) is 0. The van der Waals surface area contributed by atoms with Crippen LogP contribution in [-0.4, -0.2) is 37.3 Å². The van der Waals surface area contributed by atoms with Crippen molar-refractivity contribution in [1.29, 1.82) is 0 Å². The maximum absolute atomic E-state index is 8.10. The highest BCUT2D eigenvalue weighted by molar-refractivity contribution is 6.48. The zero-order valence-electron chi connectivity index (χ0n) is 4.37. The van der Waals surface area contributed by atoms with Gasteiger partial charge in [-0.1, -0.05) is 0 Å². The van der Waals surface area contributed by atoms with Crippen molar-refractivity contribution in [1.82, 2.24) is 0 Å². The van der Waals surface area contributed by atoms with E-state index in [1.165, 1.54) is 7.11 Å². The molecule has 0 aliphatic rings. The van der Waals surface area contributed by atoms with Gasteiger partial charge in [-0.15, -0.1) is 0 Å². The van der Waals surface area contributed by atoms with Gasteiger partial charge in [-0.3, -0.25) is 0 Å². The van der Waals surface area contributed by atoms with Crippen molar-refractivity contribution >= 4 is 9.05 Å². The van der Waals surface area contributed by atoms with Crippen LogP contribution in [0.3, 0.4) is 0 Å². The molecule has 0 heterocycles. The highest BCUT2D eigenvalue weighted by atomic mass is 28.4. The van der Waals surface area contributed by atoms with Crippen LogP contribution in [0, 0.1) is 0 Å². The number of ether oxygens (including phenoxy) is 1. The Bertz CT molecular complexity index is 57.9. The van der Waals surface area contributed by atoms with E-state index < -0.39 is 9.05 Å². The Kier molecular flexibility index (Phi) is 3.13. The first kappa shape index (κ1) is 8.02. The first-order chi connectivity index (χ1) is 3.56. The molecule has 0 aromatic rings. The molecule has 0 bridgehead atoms. The summed E-state index contributed by atoms with van der Waals surface area (Å²) >= 11 is 0. The Morgan fingerprint density at radius 1 is 1.38 bits per heavy atom. The molecule has 0 radical (unpaired) electrons. The Morgan fingerprint density at radius 3 is 2.00 bits per heavy atom. The van der Waals surface area contributed by atoms with E-state index >= 15 is 0 Å². The second kappa shape index (κ2) is 3.12. The molecule has 0 fully saturated rings. The monoisotopic (exact) mass is 140 g/mol. The molecule has 3 N–H and O–H groups in total. The molecule has 0 unspecified atom stereocenters. The standard InChI is InChI=1S/C2H8O5Si/c1-6-2-7-8(3,4)5/h3-5H,2H2,1H3. The van der Waals surface area contributed by atoms with Crippen molar-refractivity contribution in [2.45, 2.75) is 0 Å². The molecule has 50 valence electrons. The van der Waals surface area contributed by atoms with E-state index in [1.54, 1.807) is 0 Å². The topological polar surface area (TPSA) is 79.2 Å². The lowest BCUT2D eigenvalue weighted by Crippen LogP contribution is -2.39. The average Bonchev–Trinajstić information content (AvgIpc) is 1.59. The number of hydrogen-bond donors (Lipinski definition) is 3. The lowest BCUT2D eigenvalue weighted by atomic mass is 11.4. The van der Waals surface area contributed by atoms with Crippen molar-refractivity contribution in [3.8, 4) is 0 Å². The highest BCUT2D eigenvalue weighted by Gasteiger charge is 2.30. The van der Waals surface area contributed by atoms with Gasteiger partial charge in [0.15, 0.2) is 0 Å². The Balaban J connectivity index is 3.11. The molecule has 8 heavy (non-hydrogen) atoms. The molecule has 0 atom stereocenters. The van der Waals surface area contributed by atoms with Gasteiger partial charge in [-0.05, 0) is 0 Å². The van der Waals surface area contributed by atoms with Crippen molar-refractivity contribution < 1.29 is 23.5 Å². The van der Waals surface area contributed by atoms with Gasteiger partial charge in [0, 0.05) is 7.11 Å². The minimum Gasteiger partial charge on any atom is -0.368 e. The molecule has 0 aliphatic carbocycles. The molecule has 0 aliphatic heterocycles. The van der Waals surface area contributed by atoms with Gasteiger partial charge in [-0.25, -0.2) is 0 Å². The fraction of sp³-hybridized carbons (Fsp3) is 1.00. The quantitative estimate of drug-likeness (QED) is 0.313. The maximum atomic E-state index is 8.10. The summed E-state index contributed by atoms with van der Waals surface area (Å²) in [7, 11) is -3.00. The van der Waals surface area contributed by atoms with Crippen LogP contribution >= 0.6 is 0 Å². The van der Waals surface area contributed by atoms with Crippen LogP contribution in [0.1, 0.15) is 0 Å². The summed E-state index contributed by atoms with van der Waals surface area (Å²) in [6, 6.07) is 0. The summed E-state index contributed by atoms with van der Waals surface area (Å²) in [5, 5.41) is 0. The minimum absolute atomic E-state index is 0.310. The van der Waals surface area contributed by atoms with Gasteiger partial charge < -0.3 is 23.5 Å². The Hall–Kier alpha value is 0.0169. The molecule has 5 nitrogen and oxygen atoms in total. The van der Waals surface area contributed by atoms with E-state index in [0.29, 0.717) is 0 Å². The van der Waals surface area contributed by atoms with E-state index in [1.807, 2.05) is 0 Å². The molecular formula is C2H8O5Si. The first-order valence-corrected chi connectivity index (χ1v) is 3.61. The van der Waals surface area contributed by atoms with E-state index in [4.69, 9.17) is 14.4 Å². The lowest BCUT2D eigenvalue weighted by molar-refractivity contribution is -0.0313. The molecule has 0 rings (SSSR count). The van der Waals surface area contributed by atoms with Gasteiger partial charge in [0.1, 0.15) is 6.79 Å². The molecule has 6 heteroatoms. The molecule has 0 amide bonds. The zero-order valence-corrected chi connectivity index (χ0v) is 5.37. The van der Waals surface area contributed by atoms with Gasteiger partial charge in [-0.2, -0.15) is 0 Å². The molecular weight excluding hydrogens is 132 g/mol. The number of hydrogen-bond acceptors (Lipinski definition) is 5. The highest BCUT2D eigenvalue weighted by Crippen LogP contribution is 1.86. The van der Waals surface area contributed by atoms with Gasteiger partial charge in [0.25, 0.3) is 0 Å². The van der Waals surface area contributed by atoms with Crippen molar-refractivity contribution in [3.05, 3.63) is 0 Å². The molecule has 0 saturated heterocycles. The van der Waals surface area contributed by atoms with Gasteiger partial charge in [0.05, 0.1) is 0 Å². The summed E-state index contributed by atoms with van der Waals surface area (Å²) in [6.45, 7) is -0.310. The predicted molar refractivity (Wildman–Crippen MR) is 25.4 cm³/mol. The van der Waals surface area contributed by atoms with Crippen LogP contribution in [0.25, 0.3) is 0 Å². The van der Waals surface area contributed by atoms with Crippen LogP contribution < -0.4 is 0 Å². The maximum Gasteiger partial charge on any atom is 0.673 e. The Morgan fingerprint density at radius 2 is 1.88 bits per heavy atom. The number of rotatable bonds is 3. The zero-order chi connectivity index (χ0) is 6.62. The van der Waals surface area contributed by atoms with Crippen LogP contribution in [0.4, 0.5) is 0 Å². The number of methoxy groups -OCH3 is 1. The fourth-order valence-electron chi connectivity index (χ4n) is 0.138. The lowest BCUT2D eigenvalue weighted by Gasteiger charge is -2.07. The molecule has 0 spiro atoms. The largest absolute Gasteiger partial charge is 0.673 e. The third-order valence-electron chi connectivity index (χ3n) is 0.370. The second-order valence-corrected chi connectivity index (χ2v) is 2.56. The molecule has 0 aromatic heterocycles. The van der Waals surface area contributed by atoms with E-state index in [0.717, 1.165) is 0 Å². The van der Waals surface area contributed by atoms with Crippen molar-refractivity contribution in [2.24, 2.45) is 0 Å². The molecule has 0 saturated carbocycles. The smallest absolute Gasteiger partial charge is 0.368 e. The summed E-state index contributed by atoms with van der Waals surface area (Å²) in [4.78, 5) is 24.3. The van der Waals surface area contributed by atoms with E-state index in [-0.39, 0.29) is 6.79 Å². The second-order valence-electron chi connectivity index (χ2n) is 1.12. The molecule has 0 aromatic carbocycles. The summed E-state index contributed by atoms with van der Waals surface area (Å²) in [5.41, 5.74) is 0. The third kappa shape index (κ3) is 6.02. The summed E-state index contributed by atoms with van der Waals surface area (Å²) in [6.07, 6.45) is 0. The predicted octanol–water partition coefficient (Wildman–Crippen LogP) is -1.98. The van der Waals surface area contributed by atoms with E-state index in [9.17, 15) is 0 Å². The van der Waals surface area contributed by atoms with Crippen molar-refractivity contribution in [2.75, 3.05) is 13.9 Å². The summed E-state index contributed by atoms with van der Waals surface area (Å²) < 4.78 is 8.21. The van der Waals surface area contributed by atoms with Crippen LogP contribution in [0.5, 0.6) is 0 Å². The van der Waals surface area contributed by atoms with Gasteiger partial charge in [0.2, 0.25) is 0 Å². The SMILES string of the molecule is COCO[Si](O)(O)O. The third-order valence-corrected chi connectivity index (χ3v) is 0.876. The fourth-order valence-corrected chi connectivity index (χ4v) is 0.414. The normalized spacial score (nSPS) is 12.0. The van der Waals surface area contributed by atoms with Crippen molar-refractivity contribution in [3.63, 3.8) is 0 Å². The van der Waals surface area contributed by atoms with Crippen LogP contribution in [0.15, 0.2) is 0 Å².